The quantitative estimate of drug-likeness (QED) is 0.437. The van der Waals surface area contributed by atoms with Crippen LogP contribution in [-0.2, 0) is 18.3 Å². The van der Waals surface area contributed by atoms with E-state index in [1.54, 1.807) is 18.2 Å². The van der Waals surface area contributed by atoms with Crippen molar-refractivity contribution in [2.24, 2.45) is 0 Å². The van der Waals surface area contributed by atoms with Crippen LogP contribution in [0.2, 0.25) is 0 Å². The Balaban J connectivity index is 1.68. The average molecular weight is 503 g/mol. The van der Waals surface area contributed by atoms with Gasteiger partial charge in [0, 0.05) is 39.5 Å². The van der Waals surface area contributed by atoms with Crippen LogP contribution < -0.4 is 4.74 Å². The lowest BCUT2D eigenvalue weighted by atomic mass is 9.73. The number of ether oxygens (including phenoxy) is 1. The van der Waals surface area contributed by atoms with Crippen molar-refractivity contribution in [2.45, 2.75) is 57.5 Å². The molecule has 32 heavy (non-hydrogen) atoms. The highest BCUT2D eigenvalue weighted by Crippen LogP contribution is 2.45. The molecule has 168 valence electrons. The predicted molar refractivity (Wildman–Crippen MR) is 123 cm³/mol. The molecule has 0 saturated carbocycles. The maximum absolute atomic E-state index is 14.3. The third-order valence-electron chi connectivity index (χ3n) is 6.26. The Bertz CT molecular complexity index is 1230. The fourth-order valence-electron chi connectivity index (χ4n) is 4.82. The summed E-state index contributed by atoms with van der Waals surface area (Å²) in [4.78, 5) is 3.12. The zero-order chi connectivity index (χ0) is 23.3. The van der Waals surface area contributed by atoms with E-state index in [1.807, 2.05) is 32.9 Å². The van der Waals surface area contributed by atoms with Crippen LogP contribution in [0.15, 0.2) is 34.8 Å². The smallest absolute Gasteiger partial charge is 0.267 e. The van der Waals surface area contributed by atoms with Crippen molar-refractivity contribution in [3.63, 3.8) is 0 Å². The lowest BCUT2D eigenvalue weighted by molar-refractivity contribution is -0.110. The van der Waals surface area contributed by atoms with Crippen molar-refractivity contribution in [3.05, 3.63) is 62.8 Å². The van der Waals surface area contributed by atoms with Crippen LogP contribution in [0, 0.1) is 18.3 Å². The van der Waals surface area contributed by atoms with E-state index in [2.05, 4.69) is 27.0 Å². The molecule has 0 amide bonds. The molecule has 0 radical (unpaired) electrons. The third kappa shape index (κ3) is 4.14. The number of rotatable bonds is 6. The number of hydrogen-bond acceptors (Lipinski definition) is 3. The van der Waals surface area contributed by atoms with Crippen LogP contribution >= 0.6 is 15.9 Å². The molecule has 1 aromatic heterocycles. The van der Waals surface area contributed by atoms with Crippen LogP contribution in [0.25, 0.3) is 10.9 Å². The molecule has 1 aliphatic rings. The molecule has 2 aromatic carbocycles. The van der Waals surface area contributed by atoms with Gasteiger partial charge in [0.25, 0.3) is 6.43 Å². The third-order valence-corrected chi connectivity index (χ3v) is 6.72. The second kappa shape index (κ2) is 8.17. The topological polar surface area (TPSA) is 69.0 Å². The van der Waals surface area contributed by atoms with Crippen LogP contribution in [-0.4, -0.2) is 28.7 Å². The SMILES string of the molecule is Cc1cc(C#N)cc2[nH]c(CC(O)(CC(C)(C)c3cc(Br)cc4c3OCC4)C(F)F)cc12. The number of aromatic amines is 1. The van der Waals surface area contributed by atoms with Gasteiger partial charge in [-0.3, -0.25) is 0 Å². The summed E-state index contributed by atoms with van der Waals surface area (Å²) in [7, 11) is 0. The van der Waals surface area contributed by atoms with Crippen molar-refractivity contribution in [1.29, 1.82) is 5.26 Å². The zero-order valence-electron chi connectivity index (χ0n) is 18.2. The maximum Gasteiger partial charge on any atom is 0.267 e. The number of fused-ring (bicyclic) bond motifs is 2. The van der Waals surface area contributed by atoms with Crippen LogP contribution in [0.5, 0.6) is 5.75 Å². The van der Waals surface area contributed by atoms with Gasteiger partial charge in [0.2, 0.25) is 0 Å². The summed E-state index contributed by atoms with van der Waals surface area (Å²) < 4.78 is 35.2. The fourth-order valence-corrected chi connectivity index (χ4v) is 5.32. The van der Waals surface area contributed by atoms with Crippen LogP contribution in [0.4, 0.5) is 8.78 Å². The molecule has 4 rings (SSSR count). The molecule has 1 unspecified atom stereocenters. The summed E-state index contributed by atoms with van der Waals surface area (Å²) in [5, 5.41) is 21.2. The molecule has 0 aliphatic carbocycles. The number of nitrogens with one attached hydrogen (secondary N) is 1. The molecule has 1 atom stereocenters. The molecule has 0 fully saturated rings. The van der Waals surface area contributed by atoms with E-state index in [1.165, 1.54) is 0 Å². The first-order valence-corrected chi connectivity index (χ1v) is 11.3. The van der Waals surface area contributed by atoms with E-state index in [-0.39, 0.29) is 12.8 Å². The second-order valence-electron chi connectivity index (χ2n) is 9.34. The van der Waals surface area contributed by atoms with Crippen LogP contribution in [0.3, 0.4) is 0 Å². The van der Waals surface area contributed by atoms with E-state index in [0.717, 1.165) is 38.7 Å². The summed E-state index contributed by atoms with van der Waals surface area (Å²) in [5.41, 5.74) is 1.43. The number of halogens is 3. The first-order chi connectivity index (χ1) is 15.0. The molecular formula is C25H25BrF2N2O2. The summed E-state index contributed by atoms with van der Waals surface area (Å²) >= 11 is 3.51. The Kier molecular flexibility index (Phi) is 5.81. The number of H-pyrrole nitrogens is 1. The lowest BCUT2D eigenvalue weighted by Gasteiger charge is -2.36. The van der Waals surface area contributed by atoms with E-state index >= 15 is 0 Å². The van der Waals surface area contributed by atoms with Gasteiger partial charge in [0.05, 0.1) is 18.2 Å². The van der Waals surface area contributed by atoms with Gasteiger partial charge >= 0.3 is 0 Å². The number of hydrogen-bond donors (Lipinski definition) is 2. The van der Waals surface area contributed by atoms with Gasteiger partial charge in [-0.25, -0.2) is 8.78 Å². The molecule has 0 saturated heterocycles. The number of aliphatic hydroxyl groups is 1. The van der Waals surface area contributed by atoms with Crippen molar-refractivity contribution < 1.29 is 18.6 Å². The lowest BCUT2D eigenvalue weighted by Crippen LogP contribution is -2.45. The highest BCUT2D eigenvalue weighted by molar-refractivity contribution is 9.10. The summed E-state index contributed by atoms with van der Waals surface area (Å²) in [6.07, 6.45) is -2.55. The van der Waals surface area contributed by atoms with Gasteiger partial charge in [0.15, 0.2) is 0 Å². The molecule has 7 heteroatoms. The van der Waals surface area contributed by atoms with Crippen LogP contribution in [0.1, 0.15) is 48.2 Å². The number of aromatic nitrogens is 1. The van der Waals surface area contributed by atoms with Gasteiger partial charge < -0.3 is 14.8 Å². The van der Waals surface area contributed by atoms with Crippen molar-refractivity contribution in [3.8, 4) is 11.8 Å². The molecule has 2 N–H and O–H groups in total. The summed E-state index contributed by atoms with van der Waals surface area (Å²) in [6, 6.07) is 11.2. The Morgan fingerprint density at radius 3 is 2.69 bits per heavy atom. The first kappa shape index (κ1) is 22.8. The number of nitrogens with zero attached hydrogens (tertiary/aromatic N) is 1. The average Bonchev–Trinajstić information content (AvgIpc) is 3.32. The Labute approximate surface area is 194 Å². The Morgan fingerprint density at radius 2 is 2.00 bits per heavy atom. The summed E-state index contributed by atoms with van der Waals surface area (Å²) in [6.45, 7) is 6.15. The number of nitriles is 1. The predicted octanol–water partition coefficient (Wildman–Crippen LogP) is 5.95. The van der Waals surface area contributed by atoms with E-state index < -0.39 is 17.4 Å². The van der Waals surface area contributed by atoms with Gasteiger partial charge in [-0.1, -0.05) is 29.8 Å². The highest BCUT2D eigenvalue weighted by atomic mass is 79.9. The van der Waals surface area contributed by atoms with Crippen molar-refractivity contribution in [2.75, 3.05) is 6.61 Å². The maximum atomic E-state index is 14.3. The highest BCUT2D eigenvalue weighted by Gasteiger charge is 2.44. The van der Waals surface area contributed by atoms with Gasteiger partial charge in [-0.15, -0.1) is 0 Å². The van der Waals surface area contributed by atoms with E-state index in [4.69, 9.17) is 4.74 Å². The van der Waals surface area contributed by atoms with Gasteiger partial charge in [0.1, 0.15) is 11.4 Å². The fraction of sp³-hybridized carbons (Fsp3) is 0.400. The minimum atomic E-state index is -2.94. The van der Waals surface area contributed by atoms with E-state index in [0.29, 0.717) is 23.4 Å². The number of aryl methyl sites for hydroxylation is 1. The molecule has 2 heterocycles. The van der Waals surface area contributed by atoms with Gasteiger partial charge in [-0.2, -0.15) is 5.26 Å². The largest absolute Gasteiger partial charge is 0.493 e. The first-order valence-electron chi connectivity index (χ1n) is 10.5. The van der Waals surface area contributed by atoms with Crippen molar-refractivity contribution >= 4 is 26.8 Å². The molecule has 0 spiro atoms. The summed E-state index contributed by atoms with van der Waals surface area (Å²) in [5.74, 6) is 0.736. The standard InChI is InChI=1S/C25H25BrF2N2O2/c1-14-6-15(12-29)7-21-19(14)10-18(30-21)11-25(31,23(27)28)13-24(2,3)20-9-17(26)8-16-4-5-32-22(16)20/h6-10,23,30-31H,4-5,11,13H2,1-3H3. The Morgan fingerprint density at radius 1 is 1.25 bits per heavy atom. The Hall–Kier alpha value is -2.43. The van der Waals surface area contributed by atoms with Gasteiger partial charge in [-0.05, 0) is 60.2 Å². The molecule has 0 bridgehead atoms. The number of alkyl halides is 2. The second-order valence-corrected chi connectivity index (χ2v) is 10.3. The zero-order valence-corrected chi connectivity index (χ0v) is 19.8. The normalized spacial score (nSPS) is 15.5. The number of benzene rings is 2. The minimum Gasteiger partial charge on any atom is -0.493 e. The molecular weight excluding hydrogens is 478 g/mol. The monoisotopic (exact) mass is 502 g/mol. The van der Waals surface area contributed by atoms with E-state index in [9.17, 15) is 19.1 Å². The van der Waals surface area contributed by atoms with Crippen molar-refractivity contribution in [1.82, 2.24) is 4.98 Å². The molecule has 3 aromatic rings. The molecule has 4 nitrogen and oxygen atoms in total. The minimum absolute atomic E-state index is 0.151. The molecule has 1 aliphatic heterocycles.